The van der Waals surface area contributed by atoms with E-state index in [1.165, 1.54) is 12.0 Å². The maximum atomic E-state index is 6.05. The molecule has 4 heteroatoms. The molecular formula is C14H18ClNO2. The lowest BCUT2D eigenvalue weighted by Gasteiger charge is -2.22. The molecular weight excluding hydrogens is 250 g/mol. The summed E-state index contributed by atoms with van der Waals surface area (Å²) < 4.78 is 11.2. The molecule has 1 saturated heterocycles. The Labute approximate surface area is 113 Å². The number of fused-ring (bicyclic) bond motifs is 1. The van der Waals surface area contributed by atoms with Gasteiger partial charge in [-0.25, -0.2) is 0 Å². The van der Waals surface area contributed by atoms with Crippen molar-refractivity contribution in [3.63, 3.8) is 0 Å². The summed E-state index contributed by atoms with van der Waals surface area (Å²) >= 11 is 6.05. The van der Waals surface area contributed by atoms with Crippen molar-refractivity contribution in [1.29, 1.82) is 0 Å². The zero-order valence-corrected chi connectivity index (χ0v) is 11.2. The predicted octanol–water partition coefficient (Wildman–Crippen LogP) is 2.57. The quantitative estimate of drug-likeness (QED) is 0.822. The van der Waals surface area contributed by atoms with Crippen molar-refractivity contribution in [2.45, 2.75) is 13.0 Å². The maximum Gasteiger partial charge on any atom is 0.123 e. The molecule has 0 aromatic heterocycles. The van der Waals surface area contributed by atoms with Crippen LogP contribution in [0.3, 0.4) is 0 Å². The van der Waals surface area contributed by atoms with E-state index in [9.17, 15) is 0 Å². The zero-order chi connectivity index (χ0) is 12.4. The largest absolute Gasteiger partial charge is 0.492 e. The average molecular weight is 268 g/mol. The molecule has 0 amide bonds. The topological polar surface area (TPSA) is 21.7 Å². The number of hydrogen-bond donors (Lipinski definition) is 0. The summed E-state index contributed by atoms with van der Waals surface area (Å²) in [4.78, 5) is 2.45. The van der Waals surface area contributed by atoms with Gasteiger partial charge in [0.05, 0.1) is 6.61 Å². The second-order valence-corrected chi connectivity index (χ2v) is 5.50. The highest BCUT2D eigenvalue weighted by atomic mass is 35.5. The van der Waals surface area contributed by atoms with Crippen molar-refractivity contribution < 1.29 is 9.47 Å². The van der Waals surface area contributed by atoms with Crippen LogP contribution < -0.4 is 4.74 Å². The molecule has 1 atom stereocenters. The molecule has 0 radical (unpaired) electrons. The van der Waals surface area contributed by atoms with Crippen molar-refractivity contribution >= 4 is 11.6 Å². The van der Waals surface area contributed by atoms with Gasteiger partial charge in [0.25, 0.3) is 0 Å². The average Bonchev–Trinajstić information content (AvgIpc) is 2.76. The van der Waals surface area contributed by atoms with Crippen molar-refractivity contribution in [1.82, 2.24) is 4.90 Å². The summed E-state index contributed by atoms with van der Waals surface area (Å²) in [6, 6.07) is 5.88. The number of ether oxygens (including phenoxy) is 2. The van der Waals surface area contributed by atoms with Gasteiger partial charge in [-0.2, -0.15) is 0 Å². The van der Waals surface area contributed by atoms with Crippen LogP contribution in [-0.2, 0) is 11.3 Å². The highest BCUT2D eigenvalue weighted by Crippen LogP contribution is 2.27. The highest BCUT2D eigenvalue weighted by Gasteiger charge is 2.22. The fraction of sp³-hybridized carbons (Fsp3) is 0.571. The summed E-state index contributed by atoms with van der Waals surface area (Å²) in [6.07, 6.45) is 1.18. The van der Waals surface area contributed by atoms with Crippen molar-refractivity contribution in [3.05, 3.63) is 28.8 Å². The van der Waals surface area contributed by atoms with Gasteiger partial charge >= 0.3 is 0 Å². The molecule has 98 valence electrons. The molecule has 1 aromatic rings. The lowest BCUT2D eigenvalue weighted by Crippen LogP contribution is -2.31. The van der Waals surface area contributed by atoms with Crippen LogP contribution in [0, 0.1) is 5.92 Å². The smallest absolute Gasteiger partial charge is 0.123 e. The Morgan fingerprint density at radius 1 is 1.33 bits per heavy atom. The fourth-order valence-electron chi connectivity index (χ4n) is 2.67. The second-order valence-electron chi connectivity index (χ2n) is 5.07. The minimum Gasteiger partial charge on any atom is -0.492 e. The van der Waals surface area contributed by atoms with E-state index in [0.29, 0.717) is 5.92 Å². The van der Waals surface area contributed by atoms with Crippen molar-refractivity contribution in [2.75, 3.05) is 32.9 Å². The van der Waals surface area contributed by atoms with E-state index in [-0.39, 0.29) is 0 Å². The first kappa shape index (κ1) is 12.3. The maximum absolute atomic E-state index is 6.05. The molecule has 0 bridgehead atoms. The van der Waals surface area contributed by atoms with E-state index in [4.69, 9.17) is 21.1 Å². The van der Waals surface area contributed by atoms with Crippen molar-refractivity contribution in [2.24, 2.45) is 5.92 Å². The number of hydrogen-bond acceptors (Lipinski definition) is 3. The van der Waals surface area contributed by atoms with E-state index in [0.717, 1.165) is 50.2 Å². The van der Waals surface area contributed by atoms with E-state index < -0.39 is 0 Å². The van der Waals surface area contributed by atoms with Crippen LogP contribution in [0.1, 0.15) is 12.0 Å². The highest BCUT2D eigenvalue weighted by molar-refractivity contribution is 6.30. The predicted molar refractivity (Wildman–Crippen MR) is 71.2 cm³/mol. The Morgan fingerprint density at radius 2 is 2.28 bits per heavy atom. The summed E-state index contributed by atoms with van der Waals surface area (Å²) in [7, 11) is 0. The summed E-state index contributed by atoms with van der Waals surface area (Å²) in [5, 5.41) is 0.781. The number of nitrogens with zero attached hydrogens (tertiary/aromatic N) is 1. The normalized spacial score (nSPS) is 24.4. The molecule has 2 aliphatic heterocycles. The summed E-state index contributed by atoms with van der Waals surface area (Å²) in [6.45, 7) is 5.56. The third-order valence-corrected chi connectivity index (χ3v) is 3.86. The number of halogens is 1. The third kappa shape index (κ3) is 2.79. The van der Waals surface area contributed by atoms with Crippen LogP contribution in [0.4, 0.5) is 0 Å². The Hall–Kier alpha value is -0.770. The molecule has 3 nitrogen and oxygen atoms in total. The van der Waals surface area contributed by atoms with Crippen LogP contribution in [0.2, 0.25) is 5.02 Å². The van der Waals surface area contributed by atoms with Gasteiger partial charge < -0.3 is 9.47 Å². The Morgan fingerprint density at radius 3 is 3.11 bits per heavy atom. The Kier molecular flexibility index (Phi) is 3.73. The standard InChI is InChI=1S/C14H18ClNO2/c15-13-1-2-14-12(7-13)9-16(4-6-18-14)8-11-3-5-17-10-11/h1-2,7,11H,3-6,8-10H2/t11-/m1/s1. The van der Waals surface area contributed by atoms with Gasteiger partial charge in [-0.15, -0.1) is 0 Å². The lowest BCUT2D eigenvalue weighted by atomic mass is 10.1. The summed E-state index contributed by atoms with van der Waals surface area (Å²) in [5.74, 6) is 1.65. The second kappa shape index (κ2) is 5.47. The first-order valence-electron chi connectivity index (χ1n) is 6.52. The van der Waals surface area contributed by atoms with Crippen LogP contribution >= 0.6 is 11.6 Å². The number of benzene rings is 1. The van der Waals surface area contributed by atoms with Gasteiger partial charge in [0.1, 0.15) is 12.4 Å². The van der Waals surface area contributed by atoms with Gasteiger partial charge in [-0.3, -0.25) is 4.90 Å². The lowest BCUT2D eigenvalue weighted by molar-refractivity contribution is 0.159. The Balaban J connectivity index is 1.70. The molecule has 0 unspecified atom stereocenters. The van der Waals surface area contributed by atoms with Crippen molar-refractivity contribution in [3.8, 4) is 5.75 Å². The molecule has 18 heavy (non-hydrogen) atoms. The van der Waals surface area contributed by atoms with E-state index in [1.54, 1.807) is 0 Å². The number of rotatable bonds is 2. The third-order valence-electron chi connectivity index (χ3n) is 3.62. The minimum absolute atomic E-state index is 0.672. The van der Waals surface area contributed by atoms with Gasteiger partial charge in [-0.05, 0) is 30.5 Å². The molecule has 1 fully saturated rings. The minimum atomic E-state index is 0.672. The first-order chi connectivity index (χ1) is 8.81. The van der Waals surface area contributed by atoms with Crippen LogP contribution in [0.5, 0.6) is 5.75 Å². The van der Waals surface area contributed by atoms with E-state index >= 15 is 0 Å². The van der Waals surface area contributed by atoms with Crippen LogP contribution in [0.15, 0.2) is 18.2 Å². The molecule has 2 heterocycles. The SMILES string of the molecule is Clc1ccc2c(c1)CN(C[C@H]1CCOC1)CCO2. The molecule has 0 spiro atoms. The van der Waals surface area contributed by atoms with Gasteiger partial charge in [0.2, 0.25) is 0 Å². The van der Waals surface area contributed by atoms with Gasteiger partial charge in [0.15, 0.2) is 0 Å². The fourth-order valence-corrected chi connectivity index (χ4v) is 2.86. The van der Waals surface area contributed by atoms with Crippen LogP contribution in [-0.4, -0.2) is 37.8 Å². The first-order valence-corrected chi connectivity index (χ1v) is 6.90. The van der Waals surface area contributed by atoms with E-state index in [1.807, 2.05) is 18.2 Å². The Bertz CT molecular complexity index is 418. The molecule has 1 aromatic carbocycles. The van der Waals surface area contributed by atoms with Gasteiger partial charge in [-0.1, -0.05) is 11.6 Å². The zero-order valence-electron chi connectivity index (χ0n) is 10.4. The van der Waals surface area contributed by atoms with Gasteiger partial charge in [0, 0.05) is 36.8 Å². The molecule has 0 N–H and O–H groups in total. The molecule has 2 aliphatic rings. The monoisotopic (exact) mass is 267 g/mol. The molecule has 0 saturated carbocycles. The van der Waals surface area contributed by atoms with Crippen LogP contribution in [0.25, 0.3) is 0 Å². The molecule has 0 aliphatic carbocycles. The molecule has 3 rings (SSSR count). The summed E-state index contributed by atoms with van der Waals surface area (Å²) in [5.41, 5.74) is 1.19. The van der Waals surface area contributed by atoms with E-state index in [2.05, 4.69) is 4.90 Å².